The Kier molecular flexibility index (Phi) is 5.77. The Morgan fingerprint density at radius 3 is 2.31 bits per heavy atom. The summed E-state index contributed by atoms with van der Waals surface area (Å²) in [6, 6.07) is 6.72. The van der Waals surface area contributed by atoms with Crippen LogP contribution < -0.4 is 5.32 Å². The first-order valence-corrected chi connectivity index (χ1v) is 12.1. The lowest BCUT2D eigenvalue weighted by atomic mass is 9.67. The second kappa shape index (κ2) is 7.92. The zero-order valence-electron chi connectivity index (χ0n) is 14.5. The molecule has 2 atom stereocenters. The van der Waals surface area contributed by atoms with Crippen LogP contribution in [0.25, 0.3) is 0 Å². The molecule has 0 radical (unpaired) electrons. The molecule has 3 aliphatic rings. The molecule has 2 nitrogen and oxygen atoms in total. The van der Waals surface area contributed by atoms with Crippen LogP contribution in [0.2, 0.25) is 0 Å². The van der Waals surface area contributed by atoms with Gasteiger partial charge in [0.2, 0.25) is 5.91 Å². The summed E-state index contributed by atoms with van der Waals surface area (Å²) < 4.78 is 25.2. The summed E-state index contributed by atoms with van der Waals surface area (Å²) in [4.78, 5) is 13.3. The molecule has 1 spiro atoms. The molecule has 1 saturated heterocycles. The van der Waals surface area contributed by atoms with E-state index >= 15 is 0 Å². The van der Waals surface area contributed by atoms with E-state index in [9.17, 15) is 13.6 Å². The highest BCUT2D eigenvalue weighted by Gasteiger charge is 2.55. The summed E-state index contributed by atoms with van der Waals surface area (Å²) in [6.45, 7) is 0. The van der Waals surface area contributed by atoms with Gasteiger partial charge in [0.25, 0.3) is 5.76 Å². The fourth-order valence-electron chi connectivity index (χ4n) is 4.79. The topological polar surface area (TPSA) is 29.1 Å². The molecule has 0 unspecified atom stereocenters. The van der Waals surface area contributed by atoms with Crippen LogP contribution in [0.1, 0.15) is 32.1 Å². The van der Waals surface area contributed by atoms with Gasteiger partial charge in [0, 0.05) is 28.0 Å². The maximum Gasteiger partial charge on any atom is 0.288 e. The van der Waals surface area contributed by atoms with Crippen LogP contribution in [0.15, 0.2) is 29.2 Å². The van der Waals surface area contributed by atoms with Gasteiger partial charge in [-0.05, 0) is 61.8 Å². The highest BCUT2D eigenvalue weighted by molar-refractivity contribution is 8.21. The first kappa shape index (κ1) is 18.9. The van der Waals surface area contributed by atoms with Crippen molar-refractivity contribution in [1.82, 2.24) is 0 Å². The lowest BCUT2D eigenvalue weighted by molar-refractivity contribution is -0.122. The minimum absolute atomic E-state index is 0.0767. The molecular weight excluding hydrogens is 392 g/mol. The molecule has 7 heteroatoms. The molecule has 2 saturated carbocycles. The molecule has 142 valence electrons. The minimum Gasteiger partial charge on any atom is -0.326 e. The number of anilines is 1. The highest BCUT2D eigenvalue weighted by Crippen LogP contribution is 2.64. The molecule has 1 amide bonds. The summed E-state index contributed by atoms with van der Waals surface area (Å²) in [5.41, 5.74) is 0.698. The van der Waals surface area contributed by atoms with Crippen molar-refractivity contribution in [1.29, 1.82) is 0 Å². The maximum absolute atomic E-state index is 12.8. The van der Waals surface area contributed by atoms with Crippen molar-refractivity contribution in [3.63, 3.8) is 0 Å². The molecule has 0 aromatic heterocycles. The van der Waals surface area contributed by atoms with Crippen LogP contribution in [-0.4, -0.2) is 27.2 Å². The van der Waals surface area contributed by atoms with Gasteiger partial charge in [0.1, 0.15) is 0 Å². The molecule has 2 bridgehead atoms. The predicted octanol–water partition coefficient (Wildman–Crippen LogP) is 5.94. The Balaban J connectivity index is 1.40. The van der Waals surface area contributed by atoms with Gasteiger partial charge in [0.05, 0.1) is 4.08 Å². The smallest absolute Gasteiger partial charge is 0.288 e. The first-order valence-electron chi connectivity index (χ1n) is 9.20. The number of amides is 1. The SMILES string of the molecule is O=C(Nc1ccc(SC(F)F)cc1)C1C[C@H]2CCC[C@H](C1)C21SCCS1. The molecule has 1 N–H and O–H groups in total. The Morgan fingerprint density at radius 1 is 1.12 bits per heavy atom. The quantitative estimate of drug-likeness (QED) is 0.616. The van der Waals surface area contributed by atoms with Crippen molar-refractivity contribution < 1.29 is 13.6 Å². The van der Waals surface area contributed by atoms with E-state index in [2.05, 4.69) is 28.8 Å². The average Bonchev–Trinajstić information content (AvgIpc) is 3.05. The number of alkyl halides is 2. The van der Waals surface area contributed by atoms with Gasteiger partial charge in [-0.25, -0.2) is 0 Å². The van der Waals surface area contributed by atoms with Gasteiger partial charge in [-0.1, -0.05) is 18.2 Å². The van der Waals surface area contributed by atoms with E-state index in [0.29, 0.717) is 38.3 Å². The molecule has 1 aromatic carbocycles. The van der Waals surface area contributed by atoms with Crippen LogP contribution >= 0.6 is 35.3 Å². The van der Waals surface area contributed by atoms with Crippen molar-refractivity contribution in [2.45, 2.75) is 46.8 Å². The number of hydrogen-bond acceptors (Lipinski definition) is 4. The average molecular weight is 416 g/mol. The van der Waals surface area contributed by atoms with E-state index < -0.39 is 5.76 Å². The molecule has 26 heavy (non-hydrogen) atoms. The van der Waals surface area contributed by atoms with E-state index in [1.165, 1.54) is 30.8 Å². The lowest BCUT2D eigenvalue weighted by Crippen LogP contribution is -2.48. The predicted molar refractivity (Wildman–Crippen MR) is 108 cm³/mol. The molecule has 2 aliphatic carbocycles. The van der Waals surface area contributed by atoms with E-state index in [-0.39, 0.29) is 11.8 Å². The summed E-state index contributed by atoms with van der Waals surface area (Å²) in [5, 5.41) is 3.01. The number of carbonyl (C=O) groups excluding carboxylic acids is 1. The Morgan fingerprint density at radius 2 is 1.73 bits per heavy atom. The lowest BCUT2D eigenvalue weighted by Gasteiger charge is -2.52. The summed E-state index contributed by atoms with van der Waals surface area (Å²) in [7, 11) is 0. The van der Waals surface area contributed by atoms with Gasteiger partial charge < -0.3 is 5.32 Å². The third-order valence-corrected chi connectivity index (χ3v) is 10.6. The van der Waals surface area contributed by atoms with E-state index in [4.69, 9.17) is 0 Å². The van der Waals surface area contributed by atoms with Gasteiger partial charge >= 0.3 is 0 Å². The minimum atomic E-state index is -2.42. The maximum atomic E-state index is 12.8. The zero-order chi connectivity index (χ0) is 18.1. The number of halogens is 2. The monoisotopic (exact) mass is 415 g/mol. The molecule has 1 heterocycles. The first-order chi connectivity index (χ1) is 12.6. The highest BCUT2D eigenvalue weighted by atomic mass is 32.2. The second-order valence-corrected chi connectivity index (χ2v) is 11.4. The summed E-state index contributed by atoms with van der Waals surface area (Å²) in [6.07, 6.45) is 5.78. The van der Waals surface area contributed by atoms with Crippen molar-refractivity contribution in [3.05, 3.63) is 24.3 Å². The Labute approximate surface area is 166 Å². The third kappa shape index (κ3) is 3.76. The van der Waals surface area contributed by atoms with Crippen LogP contribution in [0.5, 0.6) is 0 Å². The van der Waals surface area contributed by atoms with Crippen LogP contribution in [0.4, 0.5) is 14.5 Å². The van der Waals surface area contributed by atoms with Crippen molar-refractivity contribution >= 4 is 46.9 Å². The fourth-order valence-corrected chi connectivity index (χ4v) is 9.22. The van der Waals surface area contributed by atoms with Gasteiger partial charge in [0.15, 0.2) is 0 Å². The fraction of sp³-hybridized carbons (Fsp3) is 0.632. The van der Waals surface area contributed by atoms with Crippen molar-refractivity contribution in [3.8, 4) is 0 Å². The van der Waals surface area contributed by atoms with E-state index in [1.54, 1.807) is 24.3 Å². The Bertz CT molecular complexity index is 633. The van der Waals surface area contributed by atoms with Crippen molar-refractivity contribution in [2.75, 3.05) is 16.8 Å². The molecule has 4 rings (SSSR count). The number of carbonyl (C=O) groups is 1. The van der Waals surface area contributed by atoms with Crippen LogP contribution in [0.3, 0.4) is 0 Å². The van der Waals surface area contributed by atoms with Crippen molar-refractivity contribution in [2.24, 2.45) is 17.8 Å². The molecular formula is C19H23F2NOS3. The number of benzene rings is 1. The van der Waals surface area contributed by atoms with Gasteiger partial charge in [-0.2, -0.15) is 8.78 Å². The van der Waals surface area contributed by atoms with Gasteiger partial charge in [-0.15, -0.1) is 23.5 Å². The normalized spacial score (nSPS) is 29.9. The number of thioether (sulfide) groups is 3. The summed E-state index contributed by atoms with van der Waals surface area (Å²) in [5.74, 6) is 1.54. The van der Waals surface area contributed by atoms with Crippen LogP contribution in [-0.2, 0) is 4.79 Å². The molecule has 3 fully saturated rings. The number of nitrogens with one attached hydrogen (secondary N) is 1. The largest absolute Gasteiger partial charge is 0.326 e. The number of rotatable bonds is 4. The second-order valence-electron chi connectivity index (χ2n) is 7.30. The zero-order valence-corrected chi connectivity index (χ0v) is 16.9. The van der Waals surface area contributed by atoms with E-state index in [0.717, 1.165) is 12.8 Å². The standard InChI is InChI=1S/C19H23F2NOS3/c20-18(21)26-16-6-4-15(5-7-16)22-17(23)12-10-13-2-1-3-14(11-12)19(13)24-8-9-25-19/h4-7,12-14,18H,1-3,8-11H2,(H,22,23)/t13-,14-/m1/s1. The third-order valence-electron chi connectivity index (χ3n) is 5.84. The van der Waals surface area contributed by atoms with E-state index in [1.807, 2.05) is 0 Å². The Hall–Kier alpha value is -0.400. The number of hydrogen-bond donors (Lipinski definition) is 1. The van der Waals surface area contributed by atoms with Gasteiger partial charge in [-0.3, -0.25) is 4.79 Å². The van der Waals surface area contributed by atoms with Crippen LogP contribution in [0, 0.1) is 17.8 Å². The molecule has 1 aromatic rings. The summed E-state index contributed by atoms with van der Waals surface area (Å²) >= 11 is 4.82. The molecule has 1 aliphatic heterocycles.